The van der Waals surface area contributed by atoms with E-state index in [9.17, 15) is 0 Å². The minimum atomic E-state index is 0.712. The third-order valence-corrected chi connectivity index (χ3v) is 1.75. The fourth-order valence-corrected chi connectivity index (χ4v) is 1.16. The van der Waals surface area contributed by atoms with Gasteiger partial charge in [0.2, 0.25) is 6.73 Å². The highest BCUT2D eigenvalue weighted by Gasteiger charge is 2.05. The molecule has 2 nitrogen and oxygen atoms in total. The summed E-state index contributed by atoms with van der Waals surface area (Å²) in [6.45, 7) is 3.37. The van der Waals surface area contributed by atoms with E-state index >= 15 is 0 Å². The van der Waals surface area contributed by atoms with E-state index < -0.39 is 0 Å². The number of ether oxygens (including phenoxy) is 1. The molecule has 11 heavy (non-hydrogen) atoms. The van der Waals surface area contributed by atoms with Crippen LogP contribution >= 0.6 is 0 Å². The van der Waals surface area contributed by atoms with Gasteiger partial charge in [0.25, 0.3) is 0 Å². The van der Waals surface area contributed by atoms with Crippen LogP contribution in [0.5, 0.6) is 0 Å². The van der Waals surface area contributed by atoms with Gasteiger partial charge < -0.3 is 10.1 Å². The number of benzene rings is 1. The molecule has 1 aromatic rings. The Hall–Kier alpha value is -1.02. The van der Waals surface area contributed by atoms with Crippen molar-refractivity contribution in [1.82, 2.24) is 0 Å². The molecular weight excluding hydrogens is 138 g/mol. The van der Waals surface area contributed by atoms with Crippen molar-refractivity contribution in [2.45, 2.75) is 6.42 Å². The van der Waals surface area contributed by atoms with E-state index in [2.05, 4.69) is 18.1 Å². The fraction of sp³-hybridized carbons (Fsp3) is 0.222. The quantitative estimate of drug-likeness (QED) is 0.602. The topological polar surface area (TPSA) is 21.3 Å². The van der Waals surface area contributed by atoms with Gasteiger partial charge in [-0.1, -0.05) is 18.2 Å². The average molecular weight is 147 g/mol. The van der Waals surface area contributed by atoms with Crippen LogP contribution in [0.25, 0.3) is 0 Å². The van der Waals surface area contributed by atoms with Gasteiger partial charge >= 0.3 is 0 Å². The Morgan fingerprint density at radius 2 is 2.27 bits per heavy atom. The van der Waals surface area contributed by atoms with Crippen molar-refractivity contribution in [3.05, 3.63) is 36.6 Å². The summed E-state index contributed by atoms with van der Waals surface area (Å²) in [5.74, 6) is 0. The summed E-state index contributed by atoms with van der Waals surface area (Å²) in [5.41, 5.74) is 2.39. The molecule has 0 saturated heterocycles. The lowest BCUT2D eigenvalue weighted by atomic mass is 10.1. The van der Waals surface area contributed by atoms with E-state index in [0.29, 0.717) is 6.61 Å². The van der Waals surface area contributed by atoms with Crippen molar-refractivity contribution in [3.63, 3.8) is 0 Å². The molecule has 0 aromatic heterocycles. The number of anilines is 1. The Morgan fingerprint density at radius 1 is 1.36 bits per heavy atom. The monoisotopic (exact) mass is 147 g/mol. The number of nitrogens with one attached hydrogen (secondary N) is 1. The van der Waals surface area contributed by atoms with Crippen molar-refractivity contribution in [1.29, 1.82) is 0 Å². The van der Waals surface area contributed by atoms with E-state index in [1.165, 1.54) is 5.56 Å². The van der Waals surface area contributed by atoms with E-state index in [0.717, 1.165) is 12.1 Å². The molecule has 0 aliphatic carbocycles. The number of fused-ring (bicyclic) bond motifs is 1. The first kappa shape index (κ1) is 6.68. The molecule has 0 fully saturated rings. The highest BCUT2D eigenvalue weighted by atomic mass is 16.5. The molecule has 1 N–H and O–H groups in total. The predicted octanol–water partition coefficient (Wildman–Crippen LogP) is 1.67. The lowest BCUT2D eigenvalue weighted by molar-refractivity contribution is 0.215. The third kappa shape index (κ3) is 1.35. The smallest absolute Gasteiger partial charge is 0.246 e. The summed E-state index contributed by atoms with van der Waals surface area (Å²) in [5, 5.41) is 2.95. The Balaban J connectivity index is 2.33. The fourth-order valence-electron chi connectivity index (χ4n) is 1.16. The van der Waals surface area contributed by atoms with Crippen LogP contribution in [-0.4, -0.2) is 6.61 Å². The van der Waals surface area contributed by atoms with Crippen molar-refractivity contribution in [3.8, 4) is 0 Å². The first-order chi connectivity index (χ1) is 5.47. The molecule has 56 valence electrons. The molecule has 0 saturated carbocycles. The van der Waals surface area contributed by atoms with Crippen LogP contribution in [0.4, 0.5) is 5.69 Å². The molecule has 0 unspecified atom stereocenters. The molecule has 0 bridgehead atoms. The highest BCUT2D eigenvalue weighted by molar-refractivity contribution is 5.52. The molecule has 2 radical (unpaired) electrons. The van der Waals surface area contributed by atoms with Gasteiger partial charge in [0.1, 0.15) is 0 Å². The lowest BCUT2D eigenvalue weighted by Gasteiger charge is -2.02. The summed E-state index contributed by atoms with van der Waals surface area (Å²) in [6.07, 6.45) is 0.955. The summed E-state index contributed by atoms with van der Waals surface area (Å²) >= 11 is 0. The van der Waals surface area contributed by atoms with Crippen LogP contribution in [0.1, 0.15) is 5.56 Å². The van der Waals surface area contributed by atoms with Gasteiger partial charge in [0.05, 0.1) is 6.61 Å². The zero-order valence-corrected chi connectivity index (χ0v) is 6.13. The van der Waals surface area contributed by atoms with Gasteiger partial charge in [0.15, 0.2) is 0 Å². The second kappa shape index (κ2) is 2.93. The summed E-state index contributed by atoms with van der Waals surface area (Å²) in [4.78, 5) is 0. The summed E-state index contributed by atoms with van der Waals surface area (Å²) < 4.78 is 5.02. The van der Waals surface area contributed by atoms with Crippen molar-refractivity contribution in [2.24, 2.45) is 0 Å². The normalized spacial score (nSPS) is 16.4. The maximum atomic E-state index is 5.02. The minimum absolute atomic E-state index is 0.712. The van der Waals surface area contributed by atoms with E-state index in [4.69, 9.17) is 4.74 Å². The zero-order chi connectivity index (χ0) is 7.52. The Morgan fingerprint density at radius 3 is 3.27 bits per heavy atom. The summed E-state index contributed by atoms with van der Waals surface area (Å²) in [6, 6.07) is 8.15. The van der Waals surface area contributed by atoms with Gasteiger partial charge in [-0.2, -0.15) is 0 Å². The molecule has 2 rings (SSSR count). The second-order valence-corrected chi connectivity index (χ2v) is 2.48. The molecule has 0 spiro atoms. The Labute approximate surface area is 66.2 Å². The van der Waals surface area contributed by atoms with E-state index in [1.54, 1.807) is 0 Å². The maximum absolute atomic E-state index is 5.02. The summed E-state index contributed by atoms with van der Waals surface area (Å²) in [7, 11) is 0. The third-order valence-electron chi connectivity index (χ3n) is 1.75. The average Bonchev–Trinajstić information content (AvgIpc) is 2.28. The van der Waals surface area contributed by atoms with E-state index in [1.807, 2.05) is 18.2 Å². The maximum Gasteiger partial charge on any atom is 0.246 e. The number of para-hydroxylation sites is 1. The molecule has 1 aliphatic rings. The number of hydrogen-bond acceptors (Lipinski definition) is 2. The van der Waals surface area contributed by atoms with Gasteiger partial charge in [-0.25, -0.2) is 0 Å². The molecular formula is C9H9NO. The van der Waals surface area contributed by atoms with Crippen LogP contribution in [-0.2, 0) is 11.2 Å². The lowest BCUT2D eigenvalue weighted by Crippen LogP contribution is -1.95. The van der Waals surface area contributed by atoms with Crippen molar-refractivity contribution in [2.75, 3.05) is 11.9 Å². The van der Waals surface area contributed by atoms with Crippen LogP contribution in [0.15, 0.2) is 24.3 Å². The first-order valence-corrected chi connectivity index (χ1v) is 3.67. The molecule has 2 heteroatoms. The van der Waals surface area contributed by atoms with Gasteiger partial charge in [-0.3, -0.25) is 0 Å². The molecule has 1 aromatic carbocycles. The molecule has 0 atom stereocenters. The van der Waals surface area contributed by atoms with Crippen LogP contribution in [0.3, 0.4) is 0 Å². The zero-order valence-electron chi connectivity index (χ0n) is 6.13. The standard InChI is InChI=1S/C9H9NO/c1-2-4-9-8(3-1)5-6-11-7-10-9/h1-4,10H,5-6H2. The Kier molecular flexibility index (Phi) is 1.78. The highest BCUT2D eigenvalue weighted by Crippen LogP contribution is 2.18. The van der Waals surface area contributed by atoms with Crippen molar-refractivity contribution < 1.29 is 4.74 Å². The Bertz CT molecular complexity index is 222. The van der Waals surface area contributed by atoms with Crippen LogP contribution in [0.2, 0.25) is 0 Å². The molecule has 1 heterocycles. The second-order valence-electron chi connectivity index (χ2n) is 2.48. The van der Waals surface area contributed by atoms with Gasteiger partial charge in [0, 0.05) is 5.69 Å². The molecule has 0 amide bonds. The van der Waals surface area contributed by atoms with Crippen molar-refractivity contribution >= 4 is 5.69 Å². The largest absolute Gasteiger partial charge is 0.349 e. The minimum Gasteiger partial charge on any atom is -0.349 e. The van der Waals surface area contributed by atoms with Crippen LogP contribution < -0.4 is 5.32 Å². The number of hydrogen-bond donors (Lipinski definition) is 1. The number of rotatable bonds is 0. The SMILES string of the molecule is [C]1Nc2ccccc2CCO1. The molecule has 1 aliphatic heterocycles. The van der Waals surface area contributed by atoms with Crippen LogP contribution in [0, 0.1) is 6.73 Å². The van der Waals surface area contributed by atoms with E-state index in [-0.39, 0.29) is 0 Å². The predicted molar refractivity (Wildman–Crippen MR) is 43.0 cm³/mol. The first-order valence-electron chi connectivity index (χ1n) is 3.67. The van der Waals surface area contributed by atoms with Gasteiger partial charge in [-0.15, -0.1) is 0 Å². The van der Waals surface area contributed by atoms with Gasteiger partial charge in [-0.05, 0) is 18.1 Å².